The fourth-order valence-electron chi connectivity index (χ4n) is 2.91. The number of imidazole rings is 1. The van der Waals surface area contributed by atoms with Crippen LogP contribution in [-0.4, -0.2) is 15.5 Å². The molecule has 0 bridgehead atoms. The number of carbonyl (C=O) groups is 1. The van der Waals surface area contributed by atoms with Gasteiger partial charge in [0.1, 0.15) is 23.8 Å². The largest absolute Gasteiger partial charge is 0.348 e. The average Bonchev–Trinajstić information content (AvgIpc) is 3.10. The molecule has 0 radical (unpaired) electrons. The first-order valence-electron chi connectivity index (χ1n) is 8.46. The highest BCUT2D eigenvalue weighted by molar-refractivity contribution is 5.97. The summed E-state index contributed by atoms with van der Waals surface area (Å²) in [6.45, 7) is 0.256. The molecule has 1 aromatic heterocycles. The molecule has 7 heteroatoms. The van der Waals surface area contributed by atoms with Crippen LogP contribution in [0.15, 0.2) is 67.0 Å². The van der Waals surface area contributed by atoms with Crippen molar-refractivity contribution in [3.8, 4) is 5.69 Å². The molecule has 3 aromatic carbocycles. The maximum absolute atomic E-state index is 14.1. The van der Waals surface area contributed by atoms with E-state index in [2.05, 4.69) is 10.3 Å². The monoisotopic (exact) mass is 381 g/mol. The van der Waals surface area contributed by atoms with E-state index in [4.69, 9.17) is 0 Å². The van der Waals surface area contributed by atoms with Gasteiger partial charge in [-0.2, -0.15) is 0 Å². The van der Waals surface area contributed by atoms with E-state index in [9.17, 15) is 18.0 Å². The molecule has 0 atom stereocenters. The molecule has 0 saturated carbocycles. The minimum atomic E-state index is -0.708. The van der Waals surface area contributed by atoms with Crippen LogP contribution in [-0.2, 0) is 6.54 Å². The highest BCUT2D eigenvalue weighted by Gasteiger charge is 2.13. The number of nitrogens with zero attached hydrogens (tertiary/aromatic N) is 2. The van der Waals surface area contributed by atoms with Crippen molar-refractivity contribution in [3.05, 3.63) is 95.6 Å². The van der Waals surface area contributed by atoms with E-state index in [1.54, 1.807) is 30.3 Å². The van der Waals surface area contributed by atoms with Crippen LogP contribution in [0.4, 0.5) is 13.2 Å². The summed E-state index contributed by atoms with van der Waals surface area (Å²) in [5.74, 6) is -2.02. The van der Waals surface area contributed by atoms with Crippen molar-refractivity contribution in [2.24, 2.45) is 0 Å². The van der Waals surface area contributed by atoms with Crippen LogP contribution in [0.1, 0.15) is 15.9 Å². The molecule has 28 heavy (non-hydrogen) atoms. The molecule has 0 saturated heterocycles. The van der Waals surface area contributed by atoms with Gasteiger partial charge in [-0.15, -0.1) is 0 Å². The predicted octanol–water partition coefficient (Wildman–Crippen LogP) is 4.37. The van der Waals surface area contributed by atoms with Gasteiger partial charge in [0.2, 0.25) is 0 Å². The number of amides is 1. The zero-order chi connectivity index (χ0) is 19.7. The lowest BCUT2D eigenvalue weighted by atomic mass is 10.1. The third-order valence-electron chi connectivity index (χ3n) is 4.35. The fraction of sp³-hybridized carbons (Fsp3) is 0.0476. The van der Waals surface area contributed by atoms with Crippen LogP contribution in [0.3, 0.4) is 0 Å². The number of hydrogen-bond donors (Lipinski definition) is 1. The lowest BCUT2D eigenvalue weighted by Gasteiger charge is -2.07. The molecule has 4 rings (SSSR count). The van der Waals surface area contributed by atoms with Crippen LogP contribution < -0.4 is 5.32 Å². The first-order valence-corrected chi connectivity index (χ1v) is 8.46. The van der Waals surface area contributed by atoms with Crippen molar-refractivity contribution >= 4 is 16.9 Å². The Balaban J connectivity index is 1.56. The Morgan fingerprint density at radius 2 is 1.68 bits per heavy atom. The molecule has 4 nitrogen and oxygen atoms in total. The first-order chi connectivity index (χ1) is 13.5. The standard InChI is InChI=1S/C21H14F3N3O/c22-15-4-1-13(2-5-15)11-25-21(28)14-3-7-20-18(9-14)26-12-27(20)19-8-6-16(23)10-17(19)24/h1-10,12H,11H2,(H,25,28). The minimum absolute atomic E-state index is 0.164. The molecule has 4 aromatic rings. The summed E-state index contributed by atoms with van der Waals surface area (Å²) in [6.07, 6.45) is 1.42. The van der Waals surface area contributed by atoms with E-state index < -0.39 is 11.6 Å². The second-order valence-electron chi connectivity index (χ2n) is 6.22. The van der Waals surface area contributed by atoms with E-state index in [1.165, 1.54) is 35.2 Å². The summed E-state index contributed by atoms with van der Waals surface area (Å²) in [6, 6.07) is 14.0. The van der Waals surface area contributed by atoms with Crippen molar-refractivity contribution in [1.29, 1.82) is 0 Å². The number of aromatic nitrogens is 2. The summed E-state index contributed by atoms with van der Waals surface area (Å²) < 4.78 is 41.6. The molecular formula is C21H14F3N3O. The van der Waals surface area contributed by atoms with Gasteiger partial charge in [0.25, 0.3) is 5.91 Å². The Kier molecular flexibility index (Phi) is 4.57. The lowest BCUT2D eigenvalue weighted by molar-refractivity contribution is 0.0951. The fourth-order valence-corrected chi connectivity index (χ4v) is 2.91. The number of nitrogens with one attached hydrogen (secondary N) is 1. The zero-order valence-corrected chi connectivity index (χ0v) is 14.5. The Bertz CT molecular complexity index is 1170. The lowest BCUT2D eigenvalue weighted by Crippen LogP contribution is -2.22. The van der Waals surface area contributed by atoms with Crippen LogP contribution in [0, 0.1) is 17.5 Å². The van der Waals surface area contributed by atoms with Crippen molar-refractivity contribution in [1.82, 2.24) is 14.9 Å². The third kappa shape index (κ3) is 3.46. The molecule has 0 spiro atoms. The van der Waals surface area contributed by atoms with Crippen LogP contribution >= 0.6 is 0 Å². The summed E-state index contributed by atoms with van der Waals surface area (Å²) in [5, 5.41) is 2.76. The van der Waals surface area contributed by atoms with Crippen molar-refractivity contribution in [2.75, 3.05) is 0 Å². The minimum Gasteiger partial charge on any atom is -0.348 e. The van der Waals surface area contributed by atoms with Crippen molar-refractivity contribution in [2.45, 2.75) is 6.54 Å². The molecule has 1 heterocycles. The molecule has 0 aliphatic carbocycles. The number of fused-ring (bicyclic) bond motifs is 1. The number of carbonyl (C=O) groups excluding carboxylic acids is 1. The van der Waals surface area contributed by atoms with Gasteiger partial charge in [0, 0.05) is 18.2 Å². The summed E-state index contributed by atoms with van der Waals surface area (Å²) in [7, 11) is 0. The molecule has 140 valence electrons. The molecule has 0 unspecified atom stereocenters. The second-order valence-corrected chi connectivity index (χ2v) is 6.22. The van der Waals surface area contributed by atoms with E-state index in [0.29, 0.717) is 16.6 Å². The summed E-state index contributed by atoms with van der Waals surface area (Å²) in [4.78, 5) is 16.6. The van der Waals surface area contributed by atoms with Gasteiger partial charge in [0.05, 0.1) is 16.7 Å². The average molecular weight is 381 g/mol. The topological polar surface area (TPSA) is 46.9 Å². The van der Waals surface area contributed by atoms with Crippen LogP contribution in [0.25, 0.3) is 16.7 Å². The Hall–Kier alpha value is -3.61. The van der Waals surface area contributed by atoms with Gasteiger partial charge in [0.15, 0.2) is 0 Å². The highest BCUT2D eigenvalue weighted by Crippen LogP contribution is 2.22. The maximum Gasteiger partial charge on any atom is 0.251 e. The van der Waals surface area contributed by atoms with Crippen LogP contribution in [0.5, 0.6) is 0 Å². The molecule has 1 amide bonds. The Labute approximate surface area is 158 Å². The summed E-state index contributed by atoms with van der Waals surface area (Å²) in [5.41, 5.74) is 2.41. The van der Waals surface area contributed by atoms with E-state index in [0.717, 1.165) is 11.6 Å². The normalized spacial score (nSPS) is 11.0. The van der Waals surface area contributed by atoms with Crippen LogP contribution in [0.2, 0.25) is 0 Å². The van der Waals surface area contributed by atoms with Gasteiger partial charge in [-0.3, -0.25) is 9.36 Å². The van der Waals surface area contributed by atoms with Gasteiger partial charge in [-0.05, 0) is 48.0 Å². The van der Waals surface area contributed by atoms with Crippen molar-refractivity contribution in [3.63, 3.8) is 0 Å². The Morgan fingerprint density at radius 1 is 0.929 bits per heavy atom. The van der Waals surface area contributed by atoms with E-state index >= 15 is 0 Å². The third-order valence-corrected chi connectivity index (χ3v) is 4.35. The molecular weight excluding hydrogens is 367 g/mol. The predicted molar refractivity (Wildman–Crippen MR) is 98.6 cm³/mol. The first kappa shape index (κ1) is 17.8. The highest BCUT2D eigenvalue weighted by atomic mass is 19.1. The quantitative estimate of drug-likeness (QED) is 0.571. The SMILES string of the molecule is O=C(NCc1ccc(F)cc1)c1ccc2c(c1)ncn2-c1ccc(F)cc1F. The van der Waals surface area contributed by atoms with E-state index in [1.807, 2.05) is 0 Å². The number of rotatable bonds is 4. The maximum atomic E-state index is 14.1. The smallest absolute Gasteiger partial charge is 0.251 e. The second kappa shape index (κ2) is 7.19. The number of halogens is 3. The van der Waals surface area contributed by atoms with Gasteiger partial charge in [-0.1, -0.05) is 12.1 Å². The van der Waals surface area contributed by atoms with E-state index in [-0.39, 0.29) is 24.0 Å². The van der Waals surface area contributed by atoms with Gasteiger partial charge in [-0.25, -0.2) is 18.2 Å². The molecule has 0 fully saturated rings. The van der Waals surface area contributed by atoms with Gasteiger partial charge < -0.3 is 5.32 Å². The Morgan fingerprint density at radius 3 is 2.43 bits per heavy atom. The van der Waals surface area contributed by atoms with Crippen molar-refractivity contribution < 1.29 is 18.0 Å². The number of benzene rings is 3. The van der Waals surface area contributed by atoms with Gasteiger partial charge >= 0.3 is 0 Å². The molecule has 0 aliphatic rings. The molecule has 1 N–H and O–H groups in total. The summed E-state index contributed by atoms with van der Waals surface area (Å²) >= 11 is 0. The number of hydrogen-bond acceptors (Lipinski definition) is 2. The molecule has 0 aliphatic heterocycles. The zero-order valence-electron chi connectivity index (χ0n) is 14.5.